The van der Waals surface area contributed by atoms with E-state index >= 15 is 0 Å². The molecule has 0 spiro atoms. The zero-order valence-electron chi connectivity index (χ0n) is 15.5. The van der Waals surface area contributed by atoms with Crippen molar-refractivity contribution in [3.05, 3.63) is 72.2 Å². The number of morpholine rings is 1. The summed E-state index contributed by atoms with van der Waals surface area (Å²) in [5, 5.41) is 7.06. The SMILES string of the molecule is O=C(NCc1cc(-c2ccccc2)on1)[C@H](c1cccnc1)N1CCOCC1. The molecule has 28 heavy (non-hydrogen) atoms. The van der Waals surface area contributed by atoms with Crippen molar-refractivity contribution in [1.82, 2.24) is 20.4 Å². The minimum absolute atomic E-state index is 0.0841. The number of amides is 1. The Bertz CT molecular complexity index is 892. The molecule has 0 unspecified atom stereocenters. The molecular formula is C21H22N4O3. The van der Waals surface area contributed by atoms with Crippen LogP contribution >= 0.6 is 0 Å². The standard InChI is InChI=1S/C21H22N4O3/c26-21(20(17-7-4-8-22-14-17)25-9-11-27-12-10-25)23-15-18-13-19(28-24-18)16-5-2-1-3-6-16/h1-8,13-14,20H,9-12,15H2,(H,23,26)/t20-/m0/s1. The molecule has 0 saturated carbocycles. The second kappa shape index (κ2) is 8.77. The van der Waals surface area contributed by atoms with Gasteiger partial charge in [0.25, 0.3) is 0 Å². The van der Waals surface area contributed by atoms with Crippen LogP contribution in [0.4, 0.5) is 0 Å². The average molecular weight is 378 g/mol. The lowest BCUT2D eigenvalue weighted by Gasteiger charge is -2.33. The van der Waals surface area contributed by atoms with Crippen LogP contribution in [0, 0.1) is 0 Å². The first-order chi connectivity index (χ1) is 13.8. The summed E-state index contributed by atoms with van der Waals surface area (Å²) >= 11 is 0. The fourth-order valence-electron chi connectivity index (χ4n) is 3.31. The maximum atomic E-state index is 13.0. The van der Waals surface area contributed by atoms with E-state index in [2.05, 4.69) is 20.4 Å². The summed E-state index contributed by atoms with van der Waals surface area (Å²) in [5.74, 6) is 0.598. The van der Waals surface area contributed by atoms with Crippen molar-refractivity contribution < 1.29 is 14.1 Å². The molecule has 4 rings (SSSR count). The van der Waals surface area contributed by atoms with E-state index in [0.717, 1.165) is 11.1 Å². The van der Waals surface area contributed by atoms with Crippen molar-refractivity contribution in [2.75, 3.05) is 26.3 Å². The van der Waals surface area contributed by atoms with Gasteiger partial charge in [0.15, 0.2) is 5.76 Å². The van der Waals surface area contributed by atoms with E-state index in [1.165, 1.54) is 0 Å². The predicted molar refractivity (Wildman–Crippen MR) is 103 cm³/mol. The number of hydrogen-bond donors (Lipinski definition) is 1. The largest absolute Gasteiger partial charge is 0.379 e. The van der Waals surface area contributed by atoms with Crippen molar-refractivity contribution in [1.29, 1.82) is 0 Å². The molecule has 144 valence electrons. The fourth-order valence-corrected chi connectivity index (χ4v) is 3.31. The molecule has 1 N–H and O–H groups in total. The number of nitrogens with zero attached hydrogens (tertiary/aromatic N) is 3. The van der Waals surface area contributed by atoms with E-state index in [1.807, 2.05) is 48.5 Å². The fraction of sp³-hybridized carbons (Fsp3) is 0.286. The van der Waals surface area contributed by atoms with Crippen LogP contribution in [0.5, 0.6) is 0 Å². The predicted octanol–water partition coefficient (Wildman–Crippen LogP) is 2.43. The van der Waals surface area contributed by atoms with Gasteiger partial charge in [0.1, 0.15) is 11.7 Å². The summed E-state index contributed by atoms with van der Waals surface area (Å²) in [6, 6.07) is 15.0. The number of carbonyl (C=O) groups is 1. The van der Waals surface area contributed by atoms with E-state index in [-0.39, 0.29) is 5.91 Å². The highest BCUT2D eigenvalue weighted by Gasteiger charge is 2.29. The minimum Gasteiger partial charge on any atom is -0.379 e. The lowest BCUT2D eigenvalue weighted by molar-refractivity contribution is -0.128. The average Bonchev–Trinajstić information content (AvgIpc) is 3.24. The van der Waals surface area contributed by atoms with Crippen LogP contribution < -0.4 is 5.32 Å². The molecule has 1 amide bonds. The van der Waals surface area contributed by atoms with Crippen LogP contribution in [-0.4, -0.2) is 47.3 Å². The third-order valence-corrected chi connectivity index (χ3v) is 4.72. The van der Waals surface area contributed by atoms with Gasteiger partial charge in [-0.2, -0.15) is 0 Å². The lowest BCUT2D eigenvalue weighted by Crippen LogP contribution is -2.45. The molecule has 2 aromatic heterocycles. The van der Waals surface area contributed by atoms with E-state index < -0.39 is 6.04 Å². The second-order valence-corrected chi connectivity index (χ2v) is 6.60. The maximum absolute atomic E-state index is 13.0. The highest BCUT2D eigenvalue weighted by molar-refractivity contribution is 5.83. The lowest BCUT2D eigenvalue weighted by atomic mass is 10.1. The Morgan fingerprint density at radius 3 is 2.71 bits per heavy atom. The molecule has 3 aromatic rings. The van der Waals surface area contributed by atoms with Crippen molar-refractivity contribution in [3.63, 3.8) is 0 Å². The smallest absolute Gasteiger partial charge is 0.242 e. The highest BCUT2D eigenvalue weighted by atomic mass is 16.5. The zero-order valence-corrected chi connectivity index (χ0v) is 15.5. The van der Waals surface area contributed by atoms with E-state index in [1.54, 1.807) is 12.4 Å². The monoisotopic (exact) mass is 378 g/mol. The molecule has 0 bridgehead atoms. The molecule has 1 aliphatic heterocycles. The Morgan fingerprint density at radius 1 is 1.14 bits per heavy atom. The van der Waals surface area contributed by atoms with Crippen LogP contribution in [0.3, 0.4) is 0 Å². The number of nitrogens with one attached hydrogen (secondary N) is 1. The first kappa shape index (κ1) is 18.3. The van der Waals surface area contributed by atoms with Gasteiger partial charge in [-0.15, -0.1) is 0 Å². The number of aromatic nitrogens is 2. The summed E-state index contributed by atoms with van der Waals surface area (Å²) < 4.78 is 10.8. The summed E-state index contributed by atoms with van der Waals surface area (Å²) in [7, 11) is 0. The number of ether oxygens (including phenoxy) is 1. The van der Waals surface area contributed by atoms with Crippen molar-refractivity contribution in [2.24, 2.45) is 0 Å². The molecule has 1 fully saturated rings. The highest BCUT2D eigenvalue weighted by Crippen LogP contribution is 2.22. The summed E-state index contributed by atoms with van der Waals surface area (Å²) in [6.07, 6.45) is 3.45. The molecule has 1 aromatic carbocycles. The molecule has 0 aliphatic carbocycles. The molecule has 1 saturated heterocycles. The third-order valence-electron chi connectivity index (χ3n) is 4.72. The maximum Gasteiger partial charge on any atom is 0.242 e. The van der Waals surface area contributed by atoms with Crippen LogP contribution in [-0.2, 0) is 16.1 Å². The molecule has 3 heterocycles. The van der Waals surface area contributed by atoms with Gasteiger partial charge in [0, 0.05) is 37.1 Å². The summed E-state index contributed by atoms with van der Waals surface area (Å²) in [5.41, 5.74) is 2.50. The quantitative estimate of drug-likeness (QED) is 0.710. The van der Waals surface area contributed by atoms with Crippen LogP contribution in [0.1, 0.15) is 17.3 Å². The third kappa shape index (κ3) is 4.27. The number of rotatable bonds is 6. The van der Waals surface area contributed by atoms with Gasteiger partial charge in [0.05, 0.1) is 19.8 Å². The Hall–Kier alpha value is -3.03. The van der Waals surface area contributed by atoms with Gasteiger partial charge in [0.2, 0.25) is 5.91 Å². The molecule has 7 heteroatoms. The van der Waals surface area contributed by atoms with E-state index in [0.29, 0.717) is 44.3 Å². The summed E-state index contributed by atoms with van der Waals surface area (Å²) in [6.45, 7) is 2.95. The van der Waals surface area contributed by atoms with Gasteiger partial charge >= 0.3 is 0 Å². The van der Waals surface area contributed by atoms with Crippen molar-refractivity contribution in [2.45, 2.75) is 12.6 Å². The first-order valence-electron chi connectivity index (χ1n) is 9.32. The minimum atomic E-state index is -0.405. The van der Waals surface area contributed by atoms with Gasteiger partial charge in [-0.1, -0.05) is 41.6 Å². The van der Waals surface area contributed by atoms with Gasteiger partial charge < -0.3 is 14.6 Å². The molecule has 1 aliphatic rings. The van der Waals surface area contributed by atoms with Crippen molar-refractivity contribution in [3.8, 4) is 11.3 Å². The van der Waals surface area contributed by atoms with E-state index in [9.17, 15) is 4.79 Å². The number of hydrogen-bond acceptors (Lipinski definition) is 6. The van der Waals surface area contributed by atoms with Crippen LogP contribution in [0.15, 0.2) is 65.4 Å². The topological polar surface area (TPSA) is 80.5 Å². The Balaban J connectivity index is 1.45. The normalized spacial score (nSPS) is 15.9. The van der Waals surface area contributed by atoms with Crippen LogP contribution in [0.25, 0.3) is 11.3 Å². The summed E-state index contributed by atoms with van der Waals surface area (Å²) in [4.78, 5) is 19.3. The molecular weight excluding hydrogens is 356 g/mol. The number of carbonyl (C=O) groups excluding carboxylic acids is 1. The molecule has 0 radical (unpaired) electrons. The van der Waals surface area contributed by atoms with Crippen molar-refractivity contribution >= 4 is 5.91 Å². The van der Waals surface area contributed by atoms with Gasteiger partial charge in [-0.25, -0.2) is 0 Å². The van der Waals surface area contributed by atoms with Gasteiger partial charge in [-0.05, 0) is 11.6 Å². The Kier molecular flexibility index (Phi) is 5.75. The van der Waals surface area contributed by atoms with Crippen LogP contribution in [0.2, 0.25) is 0 Å². The zero-order chi connectivity index (χ0) is 19.2. The molecule has 7 nitrogen and oxygen atoms in total. The Morgan fingerprint density at radius 2 is 1.96 bits per heavy atom. The number of benzene rings is 1. The first-order valence-corrected chi connectivity index (χ1v) is 9.32. The Labute approximate surface area is 163 Å². The second-order valence-electron chi connectivity index (χ2n) is 6.60. The van der Waals surface area contributed by atoms with E-state index in [4.69, 9.17) is 9.26 Å². The number of pyridine rings is 1. The van der Waals surface area contributed by atoms with Gasteiger partial charge in [-0.3, -0.25) is 14.7 Å². The molecule has 1 atom stereocenters.